The lowest BCUT2D eigenvalue weighted by molar-refractivity contribution is 0.194. The molecule has 6 heteroatoms. The number of rotatable bonds is 2. The van der Waals surface area contributed by atoms with E-state index in [-0.39, 0.29) is 125 Å². The van der Waals surface area contributed by atoms with E-state index in [1.807, 2.05) is 46.4 Å². The topological polar surface area (TPSA) is 15.7 Å². The first-order valence-electron chi connectivity index (χ1n) is 34.4. The molecule has 0 saturated heterocycles. The van der Waals surface area contributed by atoms with Gasteiger partial charge in [0.1, 0.15) is 11.5 Å². The number of hydrogen-bond donors (Lipinski definition) is 0. The standard InChI is InChI=1S/C66H67BN2OS2/c1-61(2,3)38-23-26-40(27-24-38)68-51-34-41(69-50-28-25-39(62(4,5)6)33-49(50)65(11)29-17-18-30-66(65,69)12)35-52-55(51)67(59-56(68)46-36-47-48(37-53(46)71-59)64(9,10)32-31-63(47,7)8)60-57(70-52)54-44-21-15-13-19-42(44)43-20-14-16-22-45(43)58(54)72-60/h13-16,19-28,33-37H,17-18,29-32H2,1-12H3/i13D,14D,15D,16D,19D,20D,21D,22D,23D,24D,25D,26D,27D,28D,33D,35D,36D,37D. The Labute approximate surface area is 460 Å². The van der Waals surface area contributed by atoms with Crippen molar-refractivity contribution in [3.63, 3.8) is 0 Å². The molecule has 5 aliphatic rings. The summed E-state index contributed by atoms with van der Waals surface area (Å²) in [6, 6.07) is -4.10. The molecule has 14 rings (SSSR count). The van der Waals surface area contributed by atoms with Crippen LogP contribution in [0.2, 0.25) is 0 Å². The average molecular weight is 997 g/mol. The first-order chi connectivity index (χ1) is 41.7. The van der Waals surface area contributed by atoms with Crippen LogP contribution in [0, 0.1) is 0 Å². The zero-order chi connectivity index (χ0) is 65.5. The van der Waals surface area contributed by atoms with Crippen LogP contribution in [0.1, 0.15) is 174 Å². The third kappa shape index (κ3) is 5.97. The van der Waals surface area contributed by atoms with Crippen molar-refractivity contribution in [3.8, 4) is 11.5 Å². The fourth-order valence-corrected chi connectivity index (χ4v) is 15.6. The van der Waals surface area contributed by atoms with E-state index in [4.69, 9.17) is 10.2 Å². The lowest BCUT2D eigenvalue weighted by Gasteiger charge is -2.50. The Balaban J connectivity index is 1.24. The molecule has 0 amide bonds. The molecule has 0 N–H and O–H groups in total. The minimum Gasteiger partial charge on any atom is -0.457 e. The fraction of sp³-hybridized carbons (Fsp3) is 0.364. The fourth-order valence-electron chi connectivity index (χ4n) is 12.9. The van der Waals surface area contributed by atoms with Gasteiger partial charge in [-0.25, -0.2) is 0 Å². The Morgan fingerprint density at radius 2 is 1.21 bits per heavy atom. The molecule has 2 aromatic heterocycles. The summed E-state index contributed by atoms with van der Waals surface area (Å²) in [6.07, 6.45) is 4.04. The maximum absolute atomic E-state index is 11.0. The van der Waals surface area contributed by atoms with Crippen molar-refractivity contribution in [1.82, 2.24) is 0 Å². The quantitative estimate of drug-likeness (QED) is 0.127. The van der Waals surface area contributed by atoms with Crippen LogP contribution in [0.3, 0.4) is 0 Å². The normalized spacial score (nSPS) is 25.1. The van der Waals surface area contributed by atoms with Gasteiger partial charge in [-0.15, -0.1) is 22.7 Å². The summed E-state index contributed by atoms with van der Waals surface area (Å²) in [5.41, 5.74) is -1.05. The maximum atomic E-state index is 11.0. The molecule has 2 atom stereocenters. The highest BCUT2D eigenvalue weighted by Gasteiger charge is 2.58. The molecular formula is C66H67BN2OS2. The summed E-state index contributed by atoms with van der Waals surface area (Å²) in [5, 5.41) is 0.0467. The second-order valence-corrected chi connectivity index (χ2v) is 26.9. The van der Waals surface area contributed by atoms with Gasteiger partial charge in [-0.05, 0) is 140 Å². The highest BCUT2D eigenvalue weighted by molar-refractivity contribution is 7.40. The number of benzene rings is 7. The second-order valence-electron chi connectivity index (χ2n) is 24.8. The zero-order valence-corrected chi connectivity index (χ0v) is 44.6. The van der Waals surface area contributed by atoms with E-state index in [9.17, 15) is 19.2 Å². The summed E-state index contributed by atoms with van der Waals surface area (Å²) >= 11 is 2.34. The highest BCUT2D eigenvalue weighted by atomic mass is 32.1. The van der Waals surface area contributed by atoms with E-state index in [0.29, 0.717) is 66.6 Å². The molecule has 7 aromatic carbocycles. The van der Waals surface area contributed by atoms with Crippen LogP contribution in [0.4, 0.5) is 28.4 Å². The molecule has 362 valence electrons. The predicted molar refractivity (Wildman–Crippen MR) is 314 cm³/mol. The zero-order valence-electron chi connectivity index (χ0n) is 61.0. The van der Waals surface area contributed by atoms with E-state index in [1.54, 1.807) is 11.0 Å². The van der Waals surface area contributed by atoms with Crippen molar-refractivity contribution >= 4 is 115 Å². The van der Waals surface area contributed by atoms with Gasteiger partial charge in [0.05, 0.1) is 35.9 Å². The lowest BCUT2D eigenvalue weighted by Crippen LogP contribution is -2.58. The Morgan fingerprint density at radius 3 is 1.90 bits per heavy atom. The third-order valence-corrected chi connectivity index (χ3v) is 19.7. The van der Waals surface area contributed by atoms with E-state index >= 15 is 0 Å². The van der Waals surface area contributed by atoms with Gasteiger partial charge in [0.15, 0.2) is 0 Å². The van der Waals surface area contributed by atoms with Crippen LogP contribution in [0.15, 0.2) is 115 Å². The predicted octanol–water partition coefficient (Wildman–Crippen LogP) is 17.5. The van der Waals surface area contributed by atoms with Gasteiger partial charge in [0, 0.05) is 69.3 Å². The molecule has 2 unspecified atom stereocenters. The smallest absolute Gasteiger partial charge is 0.281 e. The molecule has 2 aliphatic carbocycles. The van der Waals surface area contributed by atoms with Gasteiger partial charge in [-0.1, -0.05) is 162 Å². The van der Waals surface area contributed by atoms with Crippen molar-refractivity contribution in [2.45, 2.75) is 154 Å². The molecule has 0 bridgehead atoms. The summed E-state index contributed by atoms with van der Waals surface area (Å²) in [6.45, 7) is 22.7. The van der Waals surface area contributed by atoms with E-state index in [1.165, 1.54) is 11.3 Å². The van der Waals surface area contributed by atoms with Crippen LogP contribution in [0.25, 0.3) is 41.7 Å². The Hall–Kier alpha value is -5.56. The monoisotopic (exact) mass is 997 g/mol. The summed E-state index contributed by atoms with van der Waals surface area (Å²) < 4.78 is 186. The molecule has 3 aliphatic heterocycles. The number of anilines is 5. The summed E-state index contributed by atoms with van der Waals surface area (Å²) in [5.74, 6) is -0.0435. The molecule has 0 radical (unpaired) electrons. The van der Waals surface area contributed by atoms with Crippen LogP contribution in [-0.4, -0.2) is 12.3 Å². The first kappa shape index (κ1) is 30.0. The van der Waals surface area contributed by atoms with Gasteiger partial charge < -0.3 is 14.5 Å². The van der Waals surface area contributed by atoms with Crippen LogP contribution >= 0.6 is 22.7 Å². The minimum atomic E-state index is -1.06. The largest absolute Gasteiger partial charge is 0.457 e. The number of hydrogen-bond acceptors (Lipinski definition) is 5. The van der Waals surface area contributed by atoms with E-state index in [0.717, 1.165) is 30.6 Å². The molecular weight excluding hydrogens is 912 g/mol. The second kappa shape index (κ2) is 14.6. The SMILES string of the molecule is [2H]c1c(N2c3c([2H])c([2H])c(C(C)(C)C)c([2H])c3C3(C)CCCCC23C)cc2c3c1Oc1c(sc4c5c([2H])c([2H])c([2H])c([2H])c5c5c([2H])c([2H])c([2H])c([2H])c5c14)B3c1sc3c([2H])c4c(c([2H])c3c1N2c1c([2H])c([2H])c(C(C)(C)C)c([2H])c1[2H])C(C)(C)CCC4(C)C. The van der Waals surface area contributed by atoms with Crippen molar-refractivity contribution in [2.75, 3.05) is 9.80 Å². The highest BCUT2D eigenvalue weighted by Crippen LogP contribution is 2.63. The van der Waals surface area contributed by atoms with Crippen LogP contribution in [0.5, 0.6) is 11.5 Å². The number of ether oxygens (including phenoxy) is 1. The van der Waals surface area contributed by atoms with Crippen molar-refractivity contribution in [3.05, 3.63) is 143 Å². The number of nitrogens with zero attached hydrogens (tertiary/aromatic N) is 2. The van der Waals surface area contributed by atoms with Crippen molar-refractivity contribution < 1.29 is 29.4 Å². The third-order valence-electron chi connectivity index (χ3n) is 17.3. The molecule has 1 saturated carbocycles. The molecule has 5 heterocycles. The summed E-state index contributed by atoms with van der Waals surface area (Å²) in [7, 11) is 0. The van der Waals surface area contributed by atoms with Gasteiger partial charge in [0.25, 0.3) is 6.71 Å². The van der Waals surface area contributed by atoms with E-state index < -0.39 is 99.8 Å². The number of thiophene rings is 2. The van der Waals surface area contributed by atoms with Crippen LogP contribution < -0.4 is 29.6 Å². The van der Waals surface area contributed by atoms with E-state index in [2.05, 4.69) is 41.5 Å². The van der Waals surface area contributed by atoms with Gasteiger partial charge in [-0.2, -0.15) is 0 Å². The Morgan fingerprint density at radius 1 is 0.583 bits per heavy atom. The van der Waals surface area contributed by atoms with Gasteiger partial charge in [0.2, 0.25) is 0 Å². The first-order valence-corrected chi connectivity index (χ1v) is 27.1. The average Bonchev–Trinajstić information content (AvgIpc) is 1.44. The maximum Gasteiger partial charge on any atom is 0.281 e. The minimum absolute atomic E-state index is 0.0172. The van der Waals surface area contributed by atoms with Crippen molar-refractivity contribution in [2.24, 2.45) is 0 Å². The summed E-state index contributed by atoms with van der Waals surface area (Å²) in [4.78, 5) is 3.59. The lowest BCUT2D eigenvalue weighted by atomic mass is 9.40. The molecule has 1 fully saturated rings. The number of fused-ring (bicyclic) bond motifs is 17. The molecule has 3 nitrogen and oxygen atoms in total. The van der Waals surface area contributed by atoms with Crippen molar-refractivity contribution in [1.29, 1.82) is 0 Å². The Kier molecular flexibility index (Phi) is 6.08. The molecule has 72 heavy (non-hydrogen) atoms. The van der Waals surface area contributed by atoms with Crippen LogP contribution in [-0.2, 0) is 27.1 Å². The Bertz CT molecular complexity index is 4870. The molecule has 0 spiro atoms. The van der Waals surface area contributed by atoms with Gasteiger partial charge in [-0.3, -0.25) is 0 Å². The van der Waals surface area contributed by atoms with Gasteiger partial charge >= 0.3 is 0 Å². The molecule has 9 aromatic rings.